The molecule has 1 rings (SSSR count). The summed E-state index contributed by atoms with van der Waals surface area (Å²) in [7, 11) is 1.67. The Morgan fingerprint density at radius 2 is 2.00 bits per heavy atom. The molecule has 0 unspecified atom stereocenters. The van der Waals surface area contributed by atoms with Crippen molar-refractivity contribution < 1.29 is 14.2 Å². The second kappa shape index (κ2) is 10.9. The van der Waals surface area contributed by atoms with Crippen LogP contribution in [0.4, 0.5) is 0 Å². The van der Waals surface area contributed by atoms with E-state index in [1.165, 1.54) is 0 Å². The highest BCUT2D eigenvalue weighted by molar-refractivity contribution is 9.10. The molecule has 0 aliphatic rings. The van der Waals surface area contributed by atoms with E-state index in [4.69, 9.17) is 14.2 Å². The second-order valence-electron chi connectivity index (χ2n) is 4.67. The number of rotatable bonds is 11. The molecular formula is C16H26BrNO3. The lowest BCUT2D eigenvalue weighted by atomic mass is 10.2. The van der Waals surface area contributed by atoms with Crippen molar-refractivity contribution in [3.8, 4) is 11.5 Å². The number of hydrogen-bond donors (Lipinski definition) is 1. The summed E-state index contributed by atoms with van der Waals surface area (Å²) in [5.41, 5.74) is 1.10. The smallest absolute Gasteiger partial charge is 0.165 e. The van der Waals surface area contributed by atoms with Crippen molar-refractivity contribution in [2.24, 2.45) is 0 Å². The molecule has 0 aliphatic heterocycles. The quantitative estimate of drug-likeness (QED) is 0.610. The molecule has 0 atom stereocenters. The van der Waals surface area contributed by atoms with Gasteiger partial charge in [0.1, 0.15) is 0 Å². The standard InChI is InChI=1S/C16H26BrNO3/c1-4-8-21-16-13(10-14(17)11-15(16)19-3)12-18-7-6-9-20-5-2/h10-11,18H,4-9,12H2,1-3H3. The lowest BCUT2D eigenvalue weighted by Gasteiger charge is -2.16. The summed E-state index contributed by atoms with van der Waals surface area (Å²) in [4.78, 5) is 0. The van der Waals surface area contributed by atoms with E-state index in [-0.39, 0.29) is 0 Å². The Balaban J connectivity index is 2.63. The molecule has 0 aliphatic carbocycles. The van der Waals surface area contributed by atoms with Gasteiger partial charge in [0.2, 0.25) is 0 Å². The van der Waals surface area contributed by atoms with Gasteiger partial charge in [0, 0.05) is 29.8 Å². The number of ether oxygens (including phenoxy) is 3. The number of nitrogens with one attached hydrogen (secondary N) is 1. The average Bonchev–Trinajstić information content (AvgIpc) is 2.49. The maximum Gasteiger partial charge on any atom is 0.165 e. The normalized spacial score (nSPS) is 10.7. The van der Waals surface area contributed by atoms with Gasteiger partial charge in [-0.05, 0) is 38.4 Å². The molecule has 120 valence electrons. The van der Waals surface area contributed by atoms with E-state index in [0.29, 0.717) is 6.61 Å². The number of halogens is 1. The van der Waals surface area contributed by atoms with Gasteiger partial charge in [0.15, 0.2) is 11.5 Å². The Morgan fingerprint density at radius 3 is 2.67 bits per heavy atom. The van der Waals surface area contributed by atoms with Gasteiger partial charge in [0.05, 0.1) is 13.7 Å². The topological polar surface area (TPSA) is 39.7 Å². The van der Waals surface area contributed by atoms with Crippen molar-refractivity contribution in [1.29, 1.82) is 0 Å². The highest BCUT2D eigenvalue weighted by Crippen LogP contribution is 2.35. The first kappa shape index (κ1) is 18.3. The maximum atomic E-state index is 5.85. The third kappa shape index (κ3) is 6.68. The van der Waals surface area contributed by atoms with Gasteiger partial charge in [-0.3, -0.25) is 0 Å². The fourth-order valence-corrected chi connectivity index (χ4v) is 2.42. The van der Waals surface area contributed by atoms with Gasteiger partial charge in [0.25, 0.3) is 0 Å². The Hall–Kier alpha value is -0.780. The highest BCUT2D eigenvalue weighted by Gasteiger charge is 2.12. The number of methoxy groups -OCH3 is 1. The van der Waals surface area contributed by atoms with Crippen molar-refractivity contribution in [3.05, 3.63) is 22.2 Å². The zero-order valence-electron chi connectivity index (χ0n) is 13.2. The molecule has 5 heteroatoms. The van der Waals surface area contributed by atoms with Gasteiger partial charge >= 0.3 is 0 Å². The summed E-state index contributed by atoms with van der Waals surface area (Å²) in [5, 5.41) is 3.42. The van der Waals surface area contributed by atoms with E-state index in [2.05, 4.69) is 34.2 Å². The van der Waals surface area contributed by atoms with Crippen LogP contribution < -0.4 is 14.8 Å². The van der Waals surface area contributed by atoms with Crippen LogP contribution in [0.1, 0.15) is 32.3 Å². The van der Waals surface area contributed by atoms with E-state index in [0.717, 1.165) is 60.7 Å². The summed E-state index contributed by atoms with van der Waals surface area (Å²) in [6, 6.07) is 4.01. The van der Waals surface area contributed by atoms with Crippen LogP contribution in [0.3, 0.4) is 0 Å². The zero-order valence-corrected chi connectivity index (χ0v) is 14.8. The third-order valence-electron chi connectivity index (χ3n) is 2.93. The molecule has 0 fully saturated rings. The van der Waals surface area contributed by atoms with Crippen molar-refractivity contribution in [3.63, 3.8) is 0 Å². The molecule has 1 aromatic carbocycles. The molecule has 0 spiro atoms. The minimum Gasteiger partial charge on any atom is -0.493 e. The second-order valence-corrected chi connectivity index (χ2v) is 5.59. The predicted molar refractivity (Wildman–Crippen MR) is 89.3 cm³/mol. The Morgan fingerprint density at radius 1 is 1.19 bits per heavy atom. The monoisotopic (exact) mass is 359 g/mol. The van der Waals surface area contributed by atoms with Gasteiger partial charge in [-0.25, -0.2) is 0 Å². The number of benzene rings is 1. The summed E-state index contributed by atoms with van der Waals surface area (Å²) in [5.74, 6) is 1.60. The van der Waals surface area contributed by atoms with Crippen molar-refractivity contribution in [1.82, 2.24) is 5.32 Å². The van der Waals surface area contributed by atoms with E-state index < -0.39 is 0 Å². The molecule has 4 nitrogen and oxygen atoms in total. The van der Waals surface area contributed by atoms with Crippen LogP contribution in [0, 0.1) is 0 Å². The van der Waals surface area contributed by atoms with Crippen LogP contribution in [0.5, 0.6) is 11.5 Å². The van der Waals surface area contributed by atoms with E-state index >= 15 is 0 Å². The first-order valence-electron chi connectivity index (χ1n) is 7.50. The summed E-state index contributed by atoms with van der Waals surface area (Å²) in [6.07, 6.45) is 1.98. The largest absolute Gasteiger partial charge is 0.493 e. The summed E-state index contributed by atoms with van der Waals surface area (Å²) in [6.45, 7) is 8.04. The molecule has 0 amide bonds. The van der Waals surface area contributed by atoms with Crippen molar-refractivity contribution in [2.75, 3.05) is 33.5 Å². The molecule has 0 aromatic heterocycles. The van der Waals surface area contributed by atoms with Crippen LogP contribution in [-0.4, -0.2) is 33.5 Å². The molecule has 1 aromatic rings. The Kier molecular flexibility index (Phi) is 9.46. The van der Waals surface area contributed by atoms with Gasteiger partial charge in [-0.2, -0.15) is 0 Å². The highest BCUT2D eigenvalue weighted by atomic mass is 79.9. The van der Waals surface area contributed by atoms with Crippen LogP contribution >= 0.6 is 15.9 Å². The van der Waals surface area contributed by atoms with Crippen LogP contribution in [0.2, 0.25) is 0 Å². The van der Waals surface area contributed by atoms with E-state index in [9.17, 15) is 0 Å². The first-order chi connectivity index (χ1) is 10.2. The van der Waals surface area contributed by atoms with Gasteiger partial charge in [-0.1, -0.05) is 22.9 Å². The molecule has 1 N–H and O–H groups in total. The molecule has 0 saturated carbocycles. The minimum absolute atomic E-state index is 0.690. The molecule has 0 bridgehead atoms. The molecule has 0 saturated heterocycles. The first-order valence-corrected chi connectivity index (χ1v) is 8.29. The Bertz CT molecular complexity index is 413. The molecule has 0 radical (unpaired) electrons. The Labute approximate surface area is 136 Å². The zero-order chi connectivity index (χ0) is 15.5. The van der Waals surface area contributed by atoms with Gasteiger partial charge in [-0.15, -0.1) is 0 Å². The van der Waals surface area contributed by atoms with Crippen LogP contribution in [0.25, 0.3) is 0 Å². The molecular weight excluding hydrogens is 334 g/mol. The van der Waals surface area contributed by atoms with Crippen molar-refractivity contribution >= 4 is 15.9 Å². The average molecular weight is 360 g/mol. The summed E-state index contributed by atoms with van der Waals surface area (Å²) < 4.78 is 17.6. The minimum atomic E-state index is 0.690. The predicted octanol–water partition coefficient (Wildman–Crippen LogP) is 3.76. The van der Waals surface area contributed by atoms with Gasteiger partial charge < -0.3 is 19.5 Å². The third-order valence-corrected chi connectivity index (χ3v) is 3.39. The summed E-state index contributed by atoms with van der Waals surface area (Å²) >= 11 is 3.52. The SMILES string of the molecule is CCCOc1c(CNCCCOCC)cc(Br)cc1OC. The van der Waals surface area contributed by atoms with E-state index in [1.807, 2.05) is 13.0 Å². The van der Waals surface area contributed by atoms with Crippen molar-refractivity contribution in [2.45, 2.75) is 33.2 Å². The number of hydrogen-bond acceptors (Lipinski definition) is 4. The fourth-order valence-electron chi connectivity index (χ4n) is 1.94. The van der Waals surface area contributed by atoms with E-state index in [1.54, 1.807) is 7.11 Å². The molecule has 0 heterocycles. The van der Waals surface area contributed by atoms with Crippen LogP contribution in [-0.2, 0) is 11.3 Å². The fraction of sp³-hybridized carbons (Fsp3) is 0.625. The lowest BCUT2D eigenvalue weighted by molar-refractivity contribution is 0.144. The van der Waals surface area contributed by atoms with Crippen LogP contribution in [0.15, 0.2) is 16.6 Å². The molecule has 21 heavy (non-hydrogen) atoms. The maximum absolute atomic E-state index is 5.85. The lowest BCUT2D eigenvalue weighted by Crippen LogP contribution is -2.17.